The van der Waals surface area contributed by atoms with Gasteiger partial charge < -0.3 is 0 Å². The molecule has 2 rings (SSSR count). The van der Waals surface area contributed by atoms with E-state index in [0.717, 1.165) is 5.69 Å². The number of hydrogen-bond acceptors (Lipinski definition) is 2. The second-order valence-corrected chi connectivity index (χ2v) is 3.83. The quantitative estimate of drug-likeness (QED) is 0.674. The highest BCUT2D eigenvalue weighted by Gasteiger charge is 2.49. The predicted octanol–water partition coefficient (Wildman–Crippen LogP) is 1.07. The van der Waals surface area contributed by atoms with E-state index >= 15 is 0 Å². The Morgan fingerprint density at radius 3 is 2.75 bits per heavy atom. The van der Waals surface area contributed by atoms with E-state index < -0.39 is 0 Å². The molecule has 0 radical (unpaired) electrons. The van der Waals surface area contributed by atoms with Crippen molar-refractivity contribution in [2.24, 2.45) is 5.92 Å². The number of aromatic amines is 1. The van der Waals surface area contributed by atoms with Crippen molar-refractivity contribution in [3.05, 3.63) is 28.2 Å². The van der Waals surface area contributed by atoms with Gasteiger partial charge in [0.15, 0.2) is 0 Å². The fourth-order valence-corrected chi connectivity index (χ4v) is 1.60. The summed E-state index contributed by atoms with van der Waals surface area (Å²) in [5.41, 5.74) is 1.09. The smallest absolute Gasteiger partial charge is 0.264 e. The highest BCUT2D eigenvalue weighted by Crippen LogP contribution is 2.52. The van der Waals surface area contributed by atoms with Crippen molar-refractivity contribution in [3.63, 3.8) is 0 Å². The summed E-state index contributed by atoms with van der Waals surface area (Å²) in [4.78, 5) is 10.7. The van der Waals surface area contributed by atoms with Crippen LogP contribution in [0.15, 0.2) is 16.9 Å². The monoisotopic (exact) mass is 164 g/mol. The predicted molar refractivity (Wildman–Crippen MR) is 46.0 cm³/mol. The third-order valence-corrected chi connectivity index (χ3v) is 2.92. The molecule has 0 spiro atoms. The van der Waals surface area contributed by atoms with Crippen LogP contribution in [0.2, 0.25) is 0 Å². The Hall–Kier alpha value is -1.12. The van der Waals surface area contributed by atoms with Gasteiger partial charge in [-0.3, -0.25) is 4.79 Å². The second kappa shape index (κ2) is 2.19. The fraction of sp³-hybridized carbons (Fsp3) is 0.556. The molecule has 0 aromatic carbocycles. The molecule has 0 bridgehead atoms. The van der Waals surface area contributed by atoms with Gasteiger partial charge in [-0.25, -0.2) is 5.10 Å². The van der Waals surface area contributed by atoms with E-state index in [1.807, 2.05) is 6.07 Å². The molecule has 1 aliphatic carbocycles. The first-order valence-corrected chi connectivity index (χ1v) is 4.19. The van der Waals surface area contributed by atoms with Crippen molar-refractivity contribution < 1.29 is 0 Å². The molecule has 2 unspecified atom stereocenters. The molecule has 1 aromatic rings. The van der Waals surface area contributed by atoms with Gasteiger partial charge in [-0.15, -0.1) is 0 Å². The van der Waals surface area contributed by atoms with Gasteiger partial charge in [0.2, 0.25) is 0 Å². The van der Waals surface area contributed by atoms with Gasteiger partial charge in [0.05, 0.1) is 5.69 Å². The van der Waals surface area contributed by atoms with Crippen molar-refractivity contribution in [3.8, 4) is 0 Å². The zero-order valence-electron chi connectivity index (χ0n) is 7.29. The molecule has 64 valence electrons. The maximum Gasteiger partial charge on any atom is 0.264 e. The van der Waals surface area contributed by atoms with Gasteiger partial charge in [-0.2, -0.15) is 5.10 Å². The number of nitrogens with one attached hydrogen (secondary N) is 1. The number of nitrogens with zero attached hydrogens (tertiary/aromatic N) is 1. The van der Waals surface area contributed by atoms with Crippen molar-refractivity contribution in [2.75, 3.05) is 0 Å². The topological polar surface area (TPSA) is 45.8 Å². The highest BCUT2D eigenvalue weighted by atomic mass is 16.1. The highest BCUT2D eigenvalue weighted by molar-refractivity contribution is 5.23. The summed E-state index contributed by atoms with van der Waals surface area (Å²) in [6, 6.07) is 3.36. The number of rotatable bonds is 1. The van der Waals surface area contributed by atoms with Crippen molar-refractivity contribution >= 4 is 0 Å². The van der Waals surface area contributed by atoms with Crippen LogP contribution in [0.1, 0.15) is 26.0 Å². The second-order valence-electron chi connectivity index (χ2n) is 3.83. The SMILES string of the molecule is CC1CC1(C)c1ccc(=O)[nH]n1. The molecule has 3 nitrogen and oxygen atoms in total. The minimum absolute atomic E-state index is 0.129. The Morgan fingerprint density at radius 2 is 2.33 bits per heavy atom. The molecule has 12 heavy (non-hydrogen) atoms. The molecule has 0 saturated heterocycles. The maximum atomic E-state index is 10.7. The number of H-pyrrole nitrogens is 1. The van der Waals surface area contributed by atoms with E-state index in [9.17, 15) is 4.79 Å². The van der Waals surface area contributed by atoms with Crippen molar-refractivity contribution in [2.45, 2.75) is 25.7 Å². The zero-order chi connectivity index (χ0) is 8.77. The summed E-state index contributed by atoms with van der Waals surface area (Å²) in [7, 11) is 0. The van der Waals surface area contributed by atoms with Gasteiger partial charge in [0.1, 0.15) is 0 Å². The third kappa shape index (κ3) is 0.967. The molecule has 1 N–H and O–H groups in total. The zero-order valence-corrected chi connectivity index (χ0v) is 7.29. The van der Waals surface area contributed by atoms with E-state index in [1.165, 1.54) is 6.42 Å². The summed E-state index contributed by atoms with van der Waals surface area (Å²) in [6.07, 6.45) is 1.17. The molecule has 1 aromatic heterocycles. The lowest BCUT2D eigenvalue weighted by Gasteiger charge is -2.06. The van der Waals surface area contributed by atoms with Crippen LogP contribution in [0.3, 0.4) is 0 Å². The summed E-state index contributed by atoms with van der Waals surface area (Å²) >= 11 is 0. The van der Waals surface area contributed by atoms with Gasteiger partial charge >= 0.3 is 0 Å². The Morgan fingerprint density at radius 1 is 1.67 bits per heavy atom. The van der Waals surface area contributed by atoms with Crippen LogP contribution in [0, 0.1) is 5.92 Å². The fourth-order valence-electron chi connectivity index (χ4n) is 1.60. The molecule has 1 aliphatic rings. The van der Waals surface area contributed by atoms with Crippen LogP contribution in [0.25, 0.3) is 0 Å². The van der Waals surface area contributed by atoms with Crippen LogP contribution in [-0.2, 0) is 5.41 Å². The lowest BCUT2D eigenvalue weighted by Crippen LogP contribution is -2.13. The van der Waals surface area contributed by atoms with Gasteiger partial charge in [-0.05, 0) is 18.4 Å². The molecule has 2 atom stereocenters. The van der Waals surface area contributed by atoms with Crippen LogP contribution >= 0.6 is 0 Å². The lowest BCUT2D eigenvalue weighted by molar-refractivity contribution is 0.657. The molecular weight excluding hydrogens is 152 g/mol. The molecule has 0 aliphatic heterocycles. The van der Waals surface area contributed by atoms with Crippen molar-refractivity contribution in [1.82, 2.24) is 10.2 Å². The Balaban J connectivity index is 2.37. The first-order valence-electron chi connectivity index (χ1n) is 4.19. The first-order chi connectivity index (χ1) is 5.63. The standard InChI is InChI=1S/C9H12N2O/c1-6-5-9(6,2)7-3-4-8(12)11-10-7/h3-4,6H,5H2,1-2H3,(H,11,12). The number of hydrogen-bond donors (Lipinski definition) is 1. The molecule has 1 saturated carbocycles. The van der Waals surface area contributed by atoms with E-state index in [2.05, 4.69) is 24.0 Å². The van der Waals surface area contributed by atoms with Crippen LogP contribution in [-0.4, -0.2) is 10.2 Å². The molecule has 1 heterocycles. The Kier molecular flexibility index (Phi) is 1.37. The van der Waals surface area contributed by atoms with Crippen LogP contribution in [0.5, 0.6) is 0 Å². The average Bonchev–Trinajstić information content (AvgIpc) is 2.62. The summed E-state index contributed by atoms with van der Waals surface area (Å²) < 4.78 is 0. The molecule has 3 heteroatoms. The maximum absolute atomic E-state index is 10.7. The lowest BCUT2D eigenvalue weighted by atomic mass is 10.0. The Labute approximate surface area is 70.8 Å². The van der Waals surface area contributed by atoms with Crippen molar-refractivity contribution in [1.29, 1.82) is 0 Å². The van der Waals surface area contributed by atoms with Gasteiger partial charge in [-0.1, -0.05) is 13.8 Å². The number of aromatic nitrogens is 2. The first kappa shape index (κ1) is 7.53. The van der Waals surface area contributed by atoms with E-state index in [0.29, 0.717) is 5.92 Å². The largest absolute Gasteiger partial charge is 0.268 e. The third-order valence-electron chi connectivity index (χ3n) is 2.92. The van der Waals surface area contributed by atoms with E-state index in [1.54, 1.807) is 6.07 Å². The summed E-state index contributed by atoms with van der Waals surface area (Å²) in [5.74, 6) is 0.691. The summed E-state index contributed by atoms with van der Waals surface area (Å²) in [6.45, 7) is 4.38. The van der Waals surface area contributed by atoms with E-state index in [-0.39, 0.29) is 11.0 Å². The minimum Gasteiger partial charge on any atom is -0.268 e. The van der Waals surface area contributed by atoms with E-state index in [4.69, 9.17) is 0 Å². The normalized spacial score (nSPS) is 33.3. The molecule has 1 fully saturated rings. The van der Waals surface area contributed by atoms with Crippen LogP contribution in [0.4, 0.5) is 0 Å². The summed E-state index contributed by atoms with van der Waals surface area (Å²) in [5, 5.41) is 6.49. The van der Waals surface area contributed by atoms with Gasteiger partial charge in [0.25, 0.3) is 5.56 Å². The molecule has 0 amide bonds. The average molecular weight is 164 g/mol. The molecular formula is C9H12N2O. The Bertz CT molecular complexity index is 337. The van der Waals surface area contributed by atoms with Crippen LogP contribution < -0.4 is 5.56 Å². The van der Waals surface area contributed by atoms with Gasteiger partial charge in [0, 0.05) is 11.5 Å². The minimum atomic E-state index is -0.129.